The van der Waals surface area contributed by atoms with Crippen molar-refractivity contribution in [2.45, 2.75) is 51.9 Å². The highest BCUT2D eigenvalue weighted by Crippen LogP contribution is 2.14. The molecule has 1 saturated heterocycles. The number of hydrogen-bond acceptors (Lipinski definition) is 3. The van der Waals surface area contributed by atoms with E-state index in [2.05, 4.69) is 13.5 Å². The Balaban J connectivity index is 1.91. The van der Waals surface area contributed by atoms with Crippen LogP contribution in [0, 0.1) is 4.77 Å². The molecule has 6 nitrogen and oxygen atoms in total. The molecule has 1 aromatic carbocycles. The van der Waals surface area contributed by atoms with Crippen molar-refractivity contribution in [2.75, 3.05) is 6.54 Å². The van der Waals surface area contributed by atoms with Crippen LogP contribution in [0.4, 0.5) is 0 Å². The molecule has 1 unspecified atom stereocenters. The first kappa shape index (κ1) is 18.1. The molecule has 1 N–H and O–H groups in total. The number of nitrogens with one attached hydrogen (secondary N) is 1. The fourth-order valence-corrected chi connectivity index (χ4v) is 4.59. The number of piperidine rings is 1. The van der Waals surface area contributed by atoms with E-state index in [1.807, 2.05) is 33.3 Å². The molecule has 0 amide bonds. The van der Waals surface area contributed by atoms with Crippen LogP contribution in [-0.4, -0.2) is 31.3 Å². The van der Waals surface area contributed by atoms with Gasteiger partial charge in [-0.05, 0) is 50.0 Å². The van der Waals surface area contributed by atoms with Crippen molar-refractivity contribution >= 4 is 28.9 Å². The zero-order valence-electron chi connectivity index (χ0n) is 15.7. The Morgan fingerprint density at radius 3 is 2.96 bits per heavy atom. The summed E-state index contributed by atoms with van der Waals surface area (Å²) in [6, 6.07) is 8.25. The third kappa shape index (κ3) is 3.04. The summed E-state index contributed by atoms with van der Waals surface area (Å²) in [5.74, 6) is 0.591. The van der Waals surface area contributed by atoms with Crippen LogP contribution in [0.5, 0.6) is 0 Å². The minimum Gasteiger partial charge on any atom is -0.314 e. The van der Waals surface area contributed by atoms with Gasteiger partial charge in [-0.15, -0.1) is 11.7 Å². The highest BCUT2D eigenvalue weighted by Gasteiger charge is 2.26. The summed E-state index contributed by atoms with van der Waals surface area (Å²) in [6.45, 7) is 8.35. The van der Waals surface area contributed by atoms with Crippen molar-refractivity contribution in [3.63, 3.8) is 0 Å². The van der Waals surface area contributed by atoms with Gasteiger partial charge in [-0.25, -0.2) is 0 Å². The first-order chi connectivity index (χ1) is 13.2. The molecular formula is C20H26N5OS+. The molecule has 142 valence electrons. The first-order valence-electron chi connectivity index (χ1n) is 9.72. The number of para-hydroxylation sites is 1. The first-order valence-corrected chi connectivity index (χ1v) is 10.1. The van der Waals surface area contributed by atoms with Gasteiger partial charge in [0.25, 0.3) is 5.56 Å². The minimum absolute atomic E-state index is 0.0538. The van der Waals surface area contributed by atoms with Crippen LogP contribution in [0.15, 0.2) is 41.7 Å². The fraction of sp³-hybridized carbons (Fsp3) is 0.450. The number of rotatable bonds is 5. The molecule has 3 aromatic rings. The molecule has 1 fully saturated rings. The van der Waals surface area contributed by atoms with Gasteiger partial charge < -0.3 is 4.90 Å². The maximum Gasteiger partial charge on any atom is 0.263 e. The maximum absolute atomic E-state index is 13.0. The second-order valence-electron chi connectivity index (χ2n) is 7.31. The van der Waals surface area contributed by atoms with E-state index >= 15 is 0 Å². The second-order valence-corrected chi connectivity index (χ2v) is 7.67. The zero-order chi connectivity index (χ0) is 19.0. The van der Waals surface area contributed by atoms with Crippen LogP contribution in [0.3, 0.4) is 0 Å². The van der Waals surface area contributed by atoms with E-state index in [4.69, 9.17) is 17.3 Å². The SMILES string of the molecule is C=CCn1c(=O)c2ccccc2n2c(=S)n(C[NH+]3CCCC[C@H]3CC)nc12. The van der Waals surface area contributed by atoms with Crippen LogP contribution >= 0.6 is 12.2 Å². The average Bonchev–Trinajstić information content (AvgIpc) is 3.02. The van der Waals surface area contributed by atoms with Crippen molar-refractivity contribution in [1.82, 2.24) is 18.7 Å². The summed E-state index contributed by atoms with van der Waals surface area (Å²) in [7, 11) is 0. The lowest BCUT2D eigenvalue weighted by molar-refractivity contribution is -0.953. The van der Waals surface area contributed by atoms with Crippen molar-refractivity contribution in [3.8, 4) is 0 Å². The van der Waals surface area contributed by atoms with Crippen molar-refractivity contribution in [3.05, 3.63) is 52.0 Å². The number of likely N-dealkylation sites (tertiary alicyclic amines) is 1. The molecule has 0 radical (unpaired) electrons. The number of allylic oxidation sites excluding steroid dienone is 1. The molecular weight excluding hydrogens is 358 g/mol. The van der Waals surface area contributed by atoms with Gasteiger partial charge in [-0.3, -0.25) is 13.8 Å². The van der Waals surface area contributed by atoms with Crippen LogP contribution in [0.25, 0.3) is 16.7 Å². The molecule has 0 aliphatic carbocycles. The van der Waals surface area contributed by atoms with E-state index in [1.165, 1.54) is 30.6 Å². The largest absolute Gasteiger partial charge is 0.314 e. The summed E-state index contributed by atoms with van der Waals surface area (Å²) < 4.78 is 6.14. The molecule has 1 aliphatic rings. The van der Waals surface area contributed by atoms with Gasteiger partial charge in [0.05, 0.1) is 23.5 Å². The summed E-state index contributed by atoms with van der Waals surface area (Å²) in [5, 5.41) is 5.43. The van der Waals surface area contributed by atoms with Crippen molar-refractivity contribution < 1.29 is 4.90 Å². The molecule has 7 heteroatoms. The summed E-state index contributed by atoms with van der Waals surface area (Å²) in [4.78, 5) is 14.5. The second kappa shape index (κ2) is 7.40. The third-order valence-electron chi connectivity index (χ3n) is 5.72. The molecule has 4 rings (SSSR count). The van der Waals surface area contributed by atoms with Gasteiger partial charge in [-0.1, -0.05) is 25.1 Å². The highest BCUT2D eigenvalue weighted by atomic mass is 32.1. The van der Waals surface area contributed by atoms with E-state index in [1.54, 1.807) is 10.6 Å². The van der Waals surface area contributed by atoms with Gasteiger partial charge in [-0.2, -0.15) is 4.68 Å². The van der Waals surface area contributed by atoms with Gasteiger partial charge in [0.1, 0.15) is 0 Å². The maximum atomic E-state index is 13.0. The Hall–Kier alpha value is -2.25. The smallest absolute Gasteiger partial charge is 0.263 e. The molecule has 27 heavy (non-hydrogen) atoms. The molecule has 2 aromatic heterocycles. The van der Waals surface area contributed by atoms with Gasteiger partial charge in [0.15, 0.2) is 6.67 Å². The van der Waals surface area contributed by atoms with Crippen molar-refractivity contribution in [2.24, 2.45) is 0 Å². The minimum atomic E-state index is -0.0538. The quantitative estimate of drug-likeness (QED) is 0.542. The Morgan fingerprint density at radius 1 is 1.37 bits per heavy atom. The Kier molecular flexibility index (Phi) is 4.97. The lowest BCUT2D eigenvalue weighted by atomic mass is 10.0. The van der Waals surface area contributed by atoms with Crippen LogP contribution in [-0.2, 0) is 13.2 Å². The number of benzene rings is 1. The number of quaternary nitrogens is 1. The molecule has 3 heterocycles. The monoisotopic (exact) mass is 384 g/mol. The molecule has 1 aliphatic heterocycles. The Labute approximate surface area is 163 Å². The topological polar surface area (TPSA) is 48.7 Å². The molecule has 0 spiro atoms. The summed E-state index contributed by atoms with van der Waals surface area (Å²) >= 11 is 5.79. The lowest BCUT2D eigenvalue weighted by Crippen LogP contribution is -3.15. The number of hydrogen-bond donors (Lipinski definition) is 1. The van der Waals surface area contributed by atoms with E-state index in [9.17, 15) is 4.79 Å². The normalized spacial score (nSPS) is 20.3. The fourth-order valence-electron chi connectivity index (χ4n) is 4.31. The Morgan fingerprint density at radius 2 is 2.19 bits per heavy atom. The number of aromatic nitrogens is 4. The predicted octanol–water partition coefficient (Wildman–Crippen LogP) is 2.17. The third-order valence-corrected chi connectivity index (χ3v) is 6.11. The highest BCUT2D eigenvalue weighted by molar-refractivity contribution is 7.71. The number of fused-ring (bicyclic) bond motifs is 3. The van der Waals surface area contributed by atoms with Crippen LogP contribution < -0.4 is 10.5 Å². The molecule has 2 atom stereocenters. The number of nitrogens with zero attached hydrogens (tertiary/aromatic N) is 4. The van der Waals surface area contributed by atoms with Gasteiger partial charge in [0.2, 0.25) is 10.5 Å². The zero-order valence-corrected chi connectivity index (χ0v) is 16.5. The van der Waals surface area contributed by atoms with Crippen molar-refractivity contribution in [1.29, 1.82) is 0 Å². The summed E-state index contributed by atoms with van der Waals surface area (Å²) in [5.41, 5.74) is 0.761. The van der Waals surface area contributed by atoms with E-state index < -0.39 is 0 Å². The predicted molar refractivity (Wildman–Crippen MR) is 110 cm³/mol. The molecule has 0 bridgehead atoms. The standard InChI is InChI=1S/C20H25N5OS/c1-3-12-23-18(26)16-10-5-6-11-17(16)25-19(23)21-24(20(25)27)14-22-13-8-7-9-15(22)4-2/h3,5-6,10-11,15H,1,4,7-9,12-14H2,2H3/p+1/t15-/m1/s1. The van der Waals surface area contributed by atoms with E-state index in [-0.39, 0.29) is 5.56 Å². The van der Waals surface area contributed by atoms with Gasteiger partial charge >= 0.3 is 0 Å². The van der Waals surface area contributed by atoms with Crippen LogP contribution in [0.2, 0.25) is 0 Å². The van der Waals surface area contributed by atoms with Gasteiger partial charge in [0, 0.05) is 6.54 Å². The lowest BCUT2D eigenvalue weighted by Gasteiger charge is -2.31. The molecule has 0 saturated carbocycles. The Bertz CT molecular complexity index is 1110. The van der Waals surface area contributed by atoms with Crippen LogP contribution in [0.1, 0.15) is 32.6 Å². The summed E-state index contributed by atoms with van der Waals surface area (Å²) in [6.07, 6.45) is 6.71. The van der Waals surface area contributed by atoms with E-state index in [0.29, 0.717) is 28.5 Å². The van der Waals surface area contributed by atoms with E-state index in [0.717, 1.165) is 18.7 Å². The average molecular weight is 385 g/mol.